The zero-order chi connectivity index (χ0) is 21.9. The molecule has 3 N–H and O–H groups in total. The first-order valence-electron chi connectivity index (χ1n) is 9.76. The van der Waals surface area contributed by atoms with Gasteiger partial charge in [-0.3, -0.25) is 0 Å². The molecule has 0 heterocycles. The Balaban J connectivity index is 0.00000841. The van der Waals surface area contributed by atoms with Crippen molar-refractivity contribution in [3.63, 3.8) is 0 Å². The van der Waals surface area contributed by atoms with Crippen LogP contribution in [0.1, 0.15) is 33.3 Å². The highest BCUT2D eigenvalue weighted by molar-refractivity contribution is 14.0. The standard InChI is InChI=1S/C20H36N4O4S.HI/c1-7-21-19(23-15-18(28-6)20(2,3)4)22-14-16-9-8-10-17(13-16)29(25,26)24-11-12-27-5;/h8-10,13,18,24H,7,11-12,14-15H2,1-6H3,(H2,21,22,23);1H. The van der Waals surface area contributed by atoms with E-state index in [1.54, 1.807) is 25.3 Å². The Kier molecular flexibility index (Phi) is 13.7. The van der Waals surface area contributed by atoms with Gasteiger partial charge < -0.3 is 20.1 Å². The Bertz CT molecular complexity index is 751. The van der Waals surface area contributed by atoms with Crippen LogP contribution in [0.15, 0.2) is 34.2 Å². The van der Waals surface area contributed by atoms with E-state index in [9.17, 15) is 8.42 Å². The van der Waals surface area contributed by atoms with Crippen LogP contribution in [0.5, 0.6) is 0 Å². The second-order valence-electron chi connectivity index (χ2n) is 7.70. The van der Waals surface area contributed by atoms with E-state index in [-0.39, 0.29) is 46.9 Å². The number of halogens is 1. The molecule has 0 saturated carbocycles. The number of aliphatic imine (C=N–C) groups is 1. The molecular formula is C20H37IN4O4S. The average Bonchev–Trinajstić information content (AvgIpc) is 2.65. The number of sulfonamides is 1. The van der Waals surface area contributed by atoms with Crippen molar-refractivity contribution in [1.82, 2.24) is 15.4 Å². The number of benzene rings is 1. The first kappa shape index (κ1) is 29.1. The highest BCUT2D eigenvalue weighted by Gasteiger charge is 2.24. The van der Waals surface area contributed by atoms with Gasteiger partial charge in [-0.05, 0) is 30.0 Å². The van der Waals surface area contributed by atoms with Crippen molar-refractivity contribution in [2.45, 2.75) is 45.2 Å². The molecule has 1 atom stereocenters. The van der Waals surface area contributed by atoms with E-state index in [4.69, 9.17) is 9.47 Å². The molecule has 0 saturated heterocycles. The smallest absolute Gasteiger partial charge is 0.240 e. The summed E-state index contributed by atoms with van der Waals surface area (Å²) in [6.45, 7) is 10.6. The van der Waals surface area contributed by atoms with Gasteiger partial charge in [-0.25, -0.2) is 18.1 Å². The van der Waals surface area contributed by atoms with E-state index in [0.29, 0.717) is 25.7 Å². The van der Waals surface area contributed by atoms with Crippen LogP contribution in [0.4, 0.5) is 0 Å². The summed E-state index contributed by atoms with van der Waals surface area (Å²) in [6, 6.07) is 6.78. The highest BCUT2D eigenvalue weighted by atomic mass is 127. The minimum Gasteiger partial charge on any atom is -0.383 e. The third-order valence-corrected chi connectivity index (χ3v) is 5.74. The lowest BCUT2D eigenvalue weighted by Crippen LogP contribution is -2.45. The molecule has 0 aliphatic rings. The molecule has 0 fully saturated rings. The van der Waals surface area contributed by atoms with Gasteiger partial charge in [0.05, 0.1) is 24.2 Å². The number of nitrogens with zero attached hydrogens (tertiary/aromatic N) is 1. The minimum absolute atomic E-state index is 0. The third kappa shape index (κ3) is 10.4. The largest absolute Gasteiger partial charge is 0.383 e. The summed E-state index contributed by atoms with van der Waals surface area (Å²) in [5.41, 5.74) is 0.799. The maximum Gasteiger partial charge on any atom is 0.240 e. The van der Waals surface area contributed by atoms with Crippen molar-refractivity contribution in [2.24, 2.45) is 10.4 Å². The van der Waals surface area contributed by atoms with Gasteiger partial charge in [0, 0.05) is 33.9 Å². The summed E-state index contributed by atoms with van der Waals surface area (Å²) in [4.78, 5) is 4.79. The number of nitrogens with one attached hydrogen (secondary N) is 3. The van der Waals surface area contributed by atoms with Crippen LogP contribution in [0.3, 0.4) is 0 Å². The third-order valence-electron chi connectivity index (χ3n) is 4.28. The molecule has 1 aromatic carbocycles. The number of hydrogen-bond donors (Lipinski definition) is 3. The molecule has 0 amide bonds. The predicted octanol–water partition coefficient (Wildman–Crippen LogP) is 2.35. The molecule has 1 rings (SSSR count). The Hall–Kier alpha value is -0.950. The Morgan fingerprint density at radius 3 is 2.47 bits per heavy atom. The molecule has 10 heteroatoms. The lowest BCUT2D eigenvalue weighted by Gasteiger charge is -2.30. The van der Waals surface area contributed by atoms with Gasteiger partial charge in [-0.2, -0.15) is 0 Å². The van der Waals surface area contributed by atoms with Crippen LogP contribution in [-0.4, -0.2) is 60.9 Å². The summed E-state index contributed by atoms with van der Waals surface area (Å²) >= 11 is 0. The molecule has 0 aromatic heterocycles. The average molecular weight is 557 g/mol. The zero-order valence-electron chi connectivity index (χ0n) is 18.8. The summed E-state index contributed by atoms with van der Waals surface area (Å²) in [7, 11) is -0.342. The molecule has 1 unspecified atom stereocenters. The Labute approximate surface area is 198 Å². The van der Waals surface area contributed by atoms with Gasteiger partial charge >= 0.3 is 0 Å². The fourth-order valence-corrected chi connectivity index (χ4v) is 3.70. The van der Waals surface area contributed by atoms with Crippen molar-refractivity contribution in [1.29, 1.82) is 0 Å². The number of rotatable bonds is 11. The van der Waals surface area contributed by atoms with Crippen LogP contribution < -0.4 is 15.4 Å². The number of hydrogen-bond acceptors (Lipinski definition) is 5. The van der Waals surface area contributed by atoms with Crippen LogP contribution in [0, 0.1) is 5.41 Å². The highest BCUT2D eigenvalue weighted by Crippen LogP contribution is 2.21. The van der Waals surface area contributed by atoms with Crippen LogP contribution in [0.25, 0.3) is 0 Å². The lowest BCUT2D eigenvalue weighted by molar-refractivity contribution is 0.0205. The van der Waals surface area contributed by atoms with Crippen LogP contribution >= 0.6 is 24.0 Å². The fourth-order valence-electron chi connectivity index (χ4n) is 2.62. The van der Waals surface area contributed by atoms with E-state index in [1.165, 1.54) is 7.11 Å². The van der Waals surface area contributed by atoms with E-state index in [2.05, 4.69) is 41.1 Å². The topological polar surface area (TPSA) is 101 Å². The normalized spacial score (nSPS) is 13.5. The zero-order valence-corrected chi connectivity index (χ0v) is 22.0. The van der Waals surface area contributed by atoms with E-state index >= 15 is 0 Å². The van der Waals surface area contributed by atoms with Crippen LogP contribution in [0.2, 0.25) is 0 Å². The van der Waals surface area contributed by atoms with Crippen molar-refractivity contribution in [2.75, 3.05) is 40.5 Å². The monoisotopic (exact) mass is 556 g/mol. The molecule has 0 aliphatic heterocycles. The fraction of sp³-hybridized carbons (Fsp3) is 0.650. The van der Waals surface area contributed by atoms with E-state index in [1.807, 2.05) is 13.0 Å². The number of guanidine groups is 1. The van der Waals surface area contributed by atoms with Crippen molar-refractivity contribution >= 4 is 40.0 Å². The molecule has 0 aliphatic carbocycles. The molecular weight excluding hydrogens is 519 g/mol. The van der Waals surface area contributed by atoms with Crippen molar-refractivity contribution in [3.8, 4) is 0 Å². The quantitative estimate of drug-likeness (QED) is 0.168. The van der Waals surface area contributed by atoms with Gasteiger partial charge in [-0.1, -0.05) is 32.9 Å². The van der Waals surface area contributed by atoms with Gasteiger partial charge in [0.2, 0.25) is 10.0 Å². The van der Waals surface area contributed by atoms with Gasteiger partial charge in [-0.15, -0.1) is 24.0 Å². The number of ether oxygens (including phenoxy) is 2. The van der Waals surface area contributed by atoms with E-state index in [0.717, 1.165) is 12.1 Å². The Morgan fingerprint density at radius 1 is 1.20 bits per heavy atom. The minimum atomic E-state index is -3.57. The van der Waals surface area contributed by atoms with Gasteiger partial charge in [0.1, 0.15) is 0 Å². The Morgan fingerprint density at radius 2 is 1.90 bits per heavy atom. The van der Waals surface area contributed by atoms with Gasteiger partial charge in [0.15, 0.2) is 5.96 Å². The molecule has 174 valence electrons. The van der Waals surface area contributed by atoms with Crippen LogP contribution in [-0.2, 0) is 26.0 Å². The van der Waals surface area contributed by atoms with Gasteiger partial charge in [0.25, 0.3) is 0 Å². The summed E-state index contributed by atoms with van der Waals surface area (Å²) in [5.74, 6) is 0.658. The predicted molar refractivity (Wildman–Crippen MR) is 132 cm³/mol. The first-order chi connectivity index (χ1) is 13.6. The maximum absolute atomic E-state index is 12.4. The van der Waals surface area contributed by atoms with Crippen molar-refractivity contribution in [3.05, 3.63) is 29.8 Å². The molecule has 0 spiro atoms. The summed E-state index contributed by atoms with van der Waals surface area (Å²) in [6.07, 6.45) is 0.0259. The number of methoxy groups -OCH3 is 2. The SMILES string of the molecule is CCNC(=NCc1cccc(S(=O)(=O)NCCOC)c1)NCC(OC)C(C)(C)C.I. The maximum atomic E-state index is 12.4. The van der Waals surface area contributed by atoms with Crippen molar-refractivity contribution < 1.29 is 17.9 Å². The van der Waals surface area contributed by atoms with E-state index < -0.39 is 10.0 Å². The molecule has 1 aromatic rings. The molecule has 30 heavy (non-hydrogen) atoms. The summed E-state index contributed by atoms with van der Waals surface area (Å²) in [5, 5.41) is 6.50. The lowest BCUT2D eigenvalue weighted by atomic mass is 9.89. The molecule has 8 nitrogen and oxygen atoms in total. The first-order valence-corrected chi connectivity index (χ1v) is 11.2. The second-order valence-corrected chi connectivity index (χ2v) is 9.47. The second kappa shape index (κ2) is 14.2. The molecule has 0 bridgehead atoms. The molecule has 0 radical (unpaired) electrons. The summed E-state index contributed by atoms with van der Waals surface area (Å²) < 4.78 is 37.7.